The van der Waals surface area contributed by atoms with Crippen molar-refractivity contribution >= 4 is 45.2 Å². The van der Waals surface area contributed by atoms with Gasteiger partial charge in [-0.05, 0) is 23.0 Å². The van der Waals surface area contributed by atoms with Crippen LogP contribution >= 0.6 is 23.5 Å². The molecule has 0 aliphatic carbocycles. The van der Waals surface area contributed by atoms with Gasteiger partial charge in [-0.2, -0.15) is 0 Å². The maximum Gasteiger partial charge on any atom is 0.186 e. The molecule has 0 aromatic heterocycles. The summed E-state index contributed by atoms with van der Waals surface area (Å²) in [5, 5.41) is 18.6. The Morgan fingerprint density at radius 2 is 1.00 bits per heavy atom. The van der Waals surface area contributed by atoms with Crippen molar-refractivity contribution in [2.45, 2.75) is 0 Å². The lowest BCUT2D eigenvalue weighted by Gasteiger charge is -1.99. The molecule has 0 amide bonds. The Balaban J connectivity index is 1.79. The lowest BCUT2D eigenvalue weighted by Crippen LogP contribution is -2.01. The number of hydrogen-bond donors (Lipinski definition) is 2. The van der Waals surface area contributed by atoms with Crippen molar-refractivity contribution < 1.29 is 9.59 Å². The highest BCUT2D eigenvalue weighted by molar-refractivity contribution is 8.27. The van der Waals surface area contributed by atoms with Gasteiger partial charge in [0.25, 0.3) is 0 Å². The average Bonchev–Trinajstić information content (AvgIpc) is 2.68. The molecule has 6 heteroatoms. The zero-order chi connectivity index (χ0) is 18.8. The van der Waals surface area contributed by atoms with Gasteiger partial charge in [0.15, 0.2) is 11.6 Å². The fourth-order valence-electron chi connectivity index (χ4n) is 1.83. The highest BCUT2D eigenvalue weighted by atomic mass is 32.2. The number of carbonyl (C=O) groups is 2. The summed E-state index contributed by atoms with van der Waals surface area (Å²) in [5.74, 6) is -0.308. The second kappa shape index (κ2) is 10.3. The third kappa shape index (κ3) is 6.31. The van der Waals surface area contributed by atoms with Crippen LogP contribution in [-0.4, -0.2) is 21.7 Å². The van der Waals surface area contributed by atoms with Gasteiger partial charge >= 0.3 is 0 Å². The molecule has 0 spiro atoms. The first-order chi connectivity index (χ1) is 12.6. The Bertz CT molecular complexity index is 786. The molecule has 2 rings (SSSR count). The summed E-state index contributed by atoms with van der Waals surface area (Å²) in [7, 11) is 0. The fraction of sp³-hybridized carbons (Fsp3) is 0. The number of thioether (sulfide) groups is 2. The van der Waals surface area contributed by atoms with E-state index in [2.05, 4.69) is 0 Å². The van der Waals surface area contributed by atoms with Crippen molar-refractivity contribution in [1.29, 1.82) is 10.8 Å². The normalized spacial score (nSPS) is 10.9. The number of ketones is 2. The second-order valence-electron chi connectivity index (χ2n) is 4.96. The van der Waals surface area contributed by atoms with Gasteiger partial charge in [0, 0.05) is 11.1 Å². The first-order valence-corrected chi connectivity index (χ1v) is 9.36. The summed E-state index contributed by atoms with van der Waals surface area (Å²) in [6.45, 7) is 0. The average molecular weight is 380 g/mol. The van der Waals surface area contributed by atoms with Crippen LogP contribution in [0.3, 0.4) is 0 Å². The maximum absolute atomic E-state index is 11.9. The van der Waals surface area contributed by atoms with Gasteiger partial charge in [-0.25, -0.2) is 0 Å². The van der Waals surface area contributed by atoms with Gasteiger partial charge in [0.2, 0.25) is 0 Å². The van der Waals surface area contributed by atoms with E-state index in [0.29, 0.717) is 11.1 Å². The van der Waals surface area contributed by atoms with Gasteiger partial charge in [0.1, 0.15) is 10.1 Å². The molecule has 2 aromatic carbocycles. The van der Waals surface area contributed by atoms with E-state index in [0.717, 1.165) is 23.5 Å². The fourth-order valence-corrected chi connectivity index (χ4v) is 2.99. The molecule has 0 fully saturated rings. The molecule has 0 saturated carbocycles. The zero-order valence-electron chi connectivity index (χ0n) is 13.7. The van der Waals surface area contributed by atoms with Crippen LogP contribution in [0, 0.1) is 10.8 Å². The Labute approximate surface area is 160 Å². The molecule has 0 heterocycles. The van der Waals surface area contributed by atoms with E-state index in [1.807, 2.05) is 12.1 Å². The van der Waals surface area contributed by atoms with Gasteiger partial charge < -0.3 is 0 Å². The van der Waals surface area contributed by atoms with Crippen molar-refractivity contribution in [3.8, 4) is 0 Å². The Morgan fingerprint density at radius 3 is 1.35 bits per heavy atom. The van der Waals surface area contributed by atoms with Crippen molar-refractivity contribution in [1.82, 2.24) is 0 Å². The Kier molecular flexibility index (Phi) is 7.79. The third-order valence-corrected chi connectivity index (χ3v) is 4.69. The minimum absolute atomic E-state index is 0.00363. The van der Waals surface area contributed by atoms with E-state index in [1.165, 1.54) is 23.0 Å². The smallest absolute Gasteiger partial charge is 0.186 e. The minimum Gasteiger partial charge on any atom is -0.291 e. The standard InChI is InChI=1S/C20H16N2O2S2/c21-19(25-13-11-17(23)15-7-3-1-4-8-15)20(22)26-14-12-18(24)16-9-5-2-6-10-16/h1-14,21-22H. The van der Waals surface area contributed by atoms with Crippen LogP contribution < -0.4 is 0 Å². The SMILES string of the molecule is N=C(SC=CC(=O)c1ccccc1)C(=N)SC=CC(=O)c1ccccc1. The molecule has 0 saturated heterocycles. The van der Waals surface area contributed by atoms with Gasteiger partial charge in [0.05, 0.1) is 0 Å². The summed E-state index contributed by atoms with van der Waals surface area (Å²) < 4.78 is 0. The van der Waals surface area contributed by atoms with Crippen LogP contribution in [0.1, 0.15) is 20.7 Å². The molecule has 0 unspecified atom stereocenters. The molecule has 0 aliphatic heterocycles. The number of benzene rings is 2. The van der Waals surface area contributed by atoms with Crippen molar-refractivity contribution in [3.63, 3.8) is 0 Å². The summed E-state index contributed by atoms with van der Waals surface area (Å²) in [5.41, 5.74) is 1.14. The molecule has 0 bridgehead atoms. The lowest BCUT2D eigenvalue weighted by atomic mass is 10.1. The van der Waals surface area contributed by atoms with E-state index in [1.54, 1.807) is 48.5 Å². The molecule has 130 valence electrons. The summed E-state index contributed by atoms with van der Waals surface area (Å²) in [6, 6.07) is 17.7. The minimum atomic E-state index is -0.154. The topological polar surface area (TPSA) is 81.8 Å². The van der Waals surface area contributed by atoms with Crippen LogP contribution in [0.2, 0.25) is 0 Å². The number of allylic oxidation sites excluding steroid dienone is 2. The second-order valence-corrected chi connectivity index (χ2v) is 6.79. The van der Waals surface area contributed by atoms with E-state index in [9.17, 15) is 9.59 Å². The van der Waals surface area contributed by atoms with Crippen LogP contribution in [0.5, 0.6) is 0 Å². The van der Waals surface area contributed by atoms with Crippen molar-refractivity contribution in [2.75, 3.05) is 0 Å². The maximum atomic E-state index is 11.9. The van der Waals surface area contributed by atoms with Crippen molar-refractivity contribution in [2.24, 2.45) is 0 Å². The van der Waals surface area contributed by atoms with E-state index in [4.69, 9.17) is 10.8 Å². The predicted octanol–water partition coefficient (Wildman–Crippen LogP) is 5.20. The number of rotatable bonds is 6. The molecule has 0 radical (unpaired) electrons. The number of hydrogen-bond acceptors (Lipinski definition) is 6. The summed E-state index contributed by atoms with van der Waals surface area (Å²) in [4.78, 5) is 23.8. The van der Waals surface area contributed by atoms with Gasteiger partial charge in [-0.3, -0.25) is 20.4 Å². The molecular formula is C20H16N2O2S2. The Hall–Kier alpha value is -2.70. The molecule has 0 aliphatic rings. The number of carbonyl (C=O) groups excluding carboxylic acids is 2. The largest absolute Gasteiger partial charge is 0.291 e. The molecule has 2 aromatic rings. The zero-order valence-corrected chi connectivity index (χ0v) is 15.3. The van der Waals surface area contributed by atoms with Gasteiger partial charge in [-0.15, -0.1) is 0 Å². The van der Waals surface area contributed by atoms with Gasteiger partial charge in [-0.1, -0.05) is 84.2 Å². The third-order valence-electron chi connectivity index (χ3n) is 3.13. The summed E-state index contributed by atoms with van der Waals surface area (Å²) >= 11 is 1.96. The quantitative estimate of drug-likeness (QED) is 0.312. The first-order valence-electron chi connectivity index (χ1n) is 7.60. The predicted molar refractivity (Wildman–Crippen MR) is 110 cm³/mol. The van der Waals surface area contributed by atoms with E-state index >= 15 is 0 Å². The van der Waals surface area contributed by atoms with Crippen LogP contribution in [0.15, 0.2) is 83.6 Å². The van der Waals surface area contributed by atoms with E-state index in [-0.39, 0.29) is 21.7 Å². The first kappa shape index (κ1) is 19.6. The summed E-state index contributed by atoms with van der Waals surface area (Å²) in [6.07, 6.45) is 2.75. The van der Waals surface area contributed by atoms with E-state index < -0.39 is 0 Å². The molecule has 0 atom stereocenters. The van der Waals surface area contributed by atoms with Crippen LogP contribution in [-0.2, 0) is 0 Å². The van der Waals surface area contributed by atoms with Crippen LogP contribution in [0.4, 0.5) is 0 Å². The molecular weight excluding hydrogens is 364 g/mol. The monoisotopic (exact) mass is 380 g/mol. The van der Waals surface area contributed by atoms with Crippen molar-refractivity contribution in [3.05, 3.63) is 94.8 Å². The lowest BCUT2D eigenvalue weighted by molar-refractivity contribution is 0.103. The highest BCUT2D eigenvalue weighted by Crippen LogP contribution is 2.15. The highest BCUT2D eigenvalue weighted by Gasteiger charge is 2.06. The molecule has 2 N–H and O–H groups in total. The molecule has 4 nitrogen and oxygen atoms in total. The van der Waals surface area contributed by atoms with Crippen LogP contribution in [0.25, 0.3) is 0 Å². The Morgan fingerprint density at radius 1 is 0.654 bits per heavy atom. The number of nitrogens with one attached hydrogen (secondary N) is 2. The molecule has 26 heavy (non-hydrogen) atoms.